The summed E-state index contributed by atoms with van der Waals surface area (Å²) in [5.41, 5.74) is 3.03. The van der Waals surface area contributed by atoms with Crippen LogP contribution in [0.2, 0.25) is 0 Å². The molecule has 2 atom stereocenters. The molecule has 106 valence electrons. The number of nitrogens with zero attached hydrogens (tertiary/aromatic N) is 1. The lowest BCUT2D eigenvalue weighted by atomic mass is 10.1. The van der Waals surface area contributed by atoms with E-state index < -0.39 is 5.38 Å². The smallest absolute Gasteiger partial charge is 0.182 e. The molecule has 2 nitrogen and oxygen atoms in total. The maximum absolute atomic E-state index is 12.1. The number of alkyl halides is 1. The van der Waals surface area contributed by atoms with Crippen LogP contribution in [0.5, 0.6) is 0 Å². The molecule has 2 unspecified atom stereocenters. The van der Waals surface area contributed by atoms with E-state index in [2.05, 4.69) is 23.3 Å². The van der Waals surface area contributed by atoms with Gasteiger partial charge < -0.3 is 4.57 Å². The fraction of sp³-hybridized carbons (Fsp3) is 0.667. The first-order chi connectivity index (χ1) is 9.00. The zero-order chi connectivity index (χ0) is 14.0. The summed E-state index contributed by atoms with van der Waals surface area (Å²) in [7, 11) is 0. The van der Waals surface area contributed by atoms with Gasteiger partial charge in [0.25, 0.3) is 0 Å². The van der Waals surface area contributed by atoms with Crippen LogP contribution in [-0.2, 0) is 6.54 Å². The molecule has 0 radical (unpaired) electrons. The summed E-state index contributed by atoms with van der Waals surface area (Å²) in [6, 6.07) is 1.99. The molecule has 0 spiro atoms. The first-order valence-corrected chi connectivity index (χ1v) is 8.46. The van der Waals surface area contributed by atoms with Gasteiger partial charge in [-0.3, -0.25) is 4.79 Å². The summed E-state index contributed by atoms with van der Waals surface area (Å²) in [6.45, 7) is 6.88. The van der Waals surface area contributed by atoms with E-state index in [0.717, 1.165) is 17.8 Å². The molecule has 1 aromatic heterocycles. The number of hydrogen-bond acceptors (Lipinski definition) is 2. The Hall–Kier alpha value is -0.410. The van der Waals surface area contributed by atoms with Crippen LogP contribution >= 0.6 is 23.4 Å². The molecule has 2 heterocycles. The van der Waals surface area contributed by atoms with Gasteiger partial charge in [0.15, 0.2) is 5.78 Å². The van der Waals surface area contributed by atoms with Crippen molar-refractivity contribution in [1.82, 2.24) is 4.57 Å². The van der Waals surface area contributed by atoms with Crippen molar-refractivity contribution in [3.05, 3.63) is 23.0 Å². The molecule has 0 saturated carbocycles. The standard InChI is InChI=1S/C15H22ClNOS/c1-10-8-14(15(18)11(2)16)12(3)17(10)9-13-6-4-5-7-19-13/h8,11,13H,4-7,9H2,1-3H3. The van der Waals surface area contributed by atoms with Crippen LogP contribution in [0, 0.1) is 13.8 Å². The third kappa shape index (κ3) is 3.38. The summed E-state index contributed by atoms with van der Waals surface area (Å²) >= 11 is 7.99. The third-order valence-electron chi connectivity index (χ3n) is 3.86. The number of aromatic nitrogens is 1. The molecule has 0 N–H and O–H groups in total. The van der Waals surface area contributed by atoms with Gasteiger partial charge in [-0.25, -0.2) is 0 Å². The minimum atomic E-state index is -0.446. The van der Waals surface area contributed by atoms with Crippen molar-refractivity contribution in [2.24, 2.45) is 0 Å². The summed E-state index contributed by atoms with van der Waals surface area (Å²) in [4.78, 5) is 12.1. The van der Waals surface area contributed by atoms with Gasteiger partial charge in [0.05, 0.1) is 5.38 Å². The summed E-state index contributed by atoms with van der Waals surface area (Å²) < 4.78 is 2.29. The fourth-order valence-corrected chi connectivity index (χ4v) is 4.11. The second-order valence-electron chi connectivity index (χ2n) is 5.36. The van der Waals surface area contributed by atoms with Crippen LogP contribution in [0.15, 0.2) is 6.07 Å². The minimum Gasteiger partial charge on any atom is -0.347 e. The second kappa shape index (κ2) is 6.36. The van der Waals surface area contributed by atoms with Crippen molar-refractivity contribution in [2.45, 2.75) is 57.2 Å². The number of ketones is 1. The number of thioether (sulfide) groups is 1. The van der Waals surface area contributed by atoms with Crippen LogP contribution in [0.3, 0.4) is 0 Å². The van der Waals surface area contributed by atoms with Crippen molar-refractivity contribution in [3.63, 3.8) is 0 Å². The quantitative estimate of drug-likeness (QED) is 0.614. The molecule has 0 aromatic carbocycles. The van der Waals surface area contributed by atoms with E-state index in [1.807, 2.05) is 13.0 Å². The SMILES string of the molecule is Cc1cc(C(=O)C(C)Cl)c(C)n1CC1CCCCS1. The van der Waals surface area contributed by atoms with Crippen LogP contribution in [0.25, 0.3) is 0 Å². The van der Waals surface area contributed by atoms with Gasteiger partial charge in [0.1, 0.15) is 0 Å². The summed E-state index contributed by atoms with van der Waals surface area (Å²) in [6.07, 6.45) is 3.97. The molecule has 1 aromatic rings. The van der Waals surface area contributed by atoms with E-state index in [9.17, 15) is 4.79 Å². The average Bonchev–Trinajstić information content (AvgIpc) is 2.67. The van der Waals surface area contributed by atoms with Crippen LogP contribution < -0.4 is 0 Å². The van der Waals surface area contributed by atoms with Gasteiger partial charge >= 0.3 is 0 Å². The monoisotopic (exact) mass is 299 g/mol. The number of aryl methyl sites for hydroxylation is 1. The topological polar surface area (TPSA) is 22.0 Å². The van der Waals surface area contributed by atoms with Crippen LogP contribution in [-0.4, -0.2) is 26.7 Å². The molecule has 1 fully saturated rings. The van der Waals surface area contributed by atoms with Crippen molar-refractivity contribution in [3.8, 4) is 0 Å². The molecule has 0 bridgehead atoms. The molecule has 1 saturated heterocycles. The Morgan fingerprint density at radius 1 is 1.53 bits per heavy atom. The van der Waals surface area contributed by atoms with Crippen LogP contribution in [0.1, 0.15) is 47.9 Å². The maximum atomic E-state index is 12.1. The Morgan fingerprint density at radius 2 is 2.26 bits per heavy atom. The largest absolute Gasteiger partial charge is 0.347 e. The Kier molecular flexibility index (Phi) is 5.02. The van der Waals surface area contributed by atoms with Gasteiger partial charge in [0.2, 0.25) is 0 Å². The summed E-state index contributed by atoms with van der Waals surface area (Å²) in [5.74, 6) is 1.31. The number of Topliss-reactive ketones (excluding diaryl/α,β-unsaturated/α-hetero) is 1. The highest BCUT2D eigenvalue weighted by Gasteiger charge is 2.21. The Balaban J connectivity index is 2.19. The van der Waals surface area contributed by atoms with Crippen molar-refractivity contribution >= 4 is 29.1 Å². The highest BCUT2D eigenvalue weighted by atomic mass is 35.5. The third-order valence-corrected chi connectivity index (χ3v) is 5.44. The Morgan fingerprint density at radius 3 is 2.84 bits per heavy atom. The molecule has 1 aliphatic heterocycles. The minimum absolute atomic E-state index is 0.0392. The highest BCUT2D eigenvalue weighted by Crippen LogP contribution is 2.28. The van der Waals surface area contributed by atoms with E-state index in [-0.39, 0.29) is 5.78 Å². The Labute approximate surface area is 124 Å². The molecular formula is C15H22ClNOS. The first kappa shape index (κ1) is 15.0. The molecule has 2 rings (SSSR count). The highest BCUT2D eigenvalue weighted by molar-refractivity contribution is 7.99. The predicted octanol–water partition coefficient (Wildman–Crippen LogP) is 4.20. The predicted molar refractivity (Wildman–Crippen MR) is 83.6 cm³/mol. The van der Waals surface area contributed by atoms with Crippen molar-refractivity contribution in [2.75, 3.05) is 5.75 Å². The lowest BCUT2D eigenvalue weighted by Gasteiger charge is -2.23. The Bertz CT molecular complexity index is 461. The molecule has 1 aliphatic rings. The zero-order valence-corrected chi connectivity index (χ0v) is 13.5. The molecule has 19 heavy (non-hydrogen) atoms. The lowest BCUT2D eigenvalue weighted by Crippen LogP contribution is -2.19. The van der Waals surface area contributed by atoms with Gasteiger partial charge in [-0.2, -0.15) is 11.8 Å². The van der Waals surface area contributed by atoms with E-state index in [1.165, 1.54) is 30.7 Å². The number of hydrogen-bond donors (Lipinski definition) is 0. The van der Waals surface area contributed by atoms with E-state index in [4.69, 9.17) is 11.6 Å². The van der Waals surface area contributed by atoms with Crippen molar-refractivity contribution < 1.29 is 4.79 Å². The number of halogens is 1. The summed E-state index contributed by atoms with van der Waals surface area (Å²) in [5, 5.41) is 0.243. The molecule has 0 amide bonds. The number of rotatable bonds is 4. The second-order valence-corrected chi connectivity index (χ2v) is 7.43. The fourth-order valence-electron chi connectivity index (χ4n) is 2.70. The first-order valence-electron chi connectivity index (χ1n) is 6.97. The van der Waals surface area contributed by atoms with Gasteiger partial charge in [-0.05, 0) is 45.4 Å². The molecule has 4 heteroatoms. The van der Waals surface area contributed by atoms with E-state index in [1.54, 1.807) is 6.92 Å². The average molecular weight is 300 g/mol. The van der Waals surface area contributed by atoms with E-state index in [0.29, 0.717) is 5.25 Å². The number of carbonyl (C=O) groups excluding carboxylic acids is 1. The number of carbonyl (C=O) groups is 1. The van der Waals surface area contributed by atoms with Gasteiger partial charge in [-0.1, -0.05) is 6.42 Å². The normalized spacial score (nSPS) is 21.4. The zero-order valence-electron chi connectivity index (χ0n) is 11.9. The molecular weight excluding hydrogens is 278 g/mol. The lowest BCUT2D eigenvalue weighted by molar-refractivity contribution is 0.0991. The van der Waals surface area contributed by atoms with E-state index >= 15 is 0 Å². The van der Waals surface area contributed by atoms with Gasteiger partial charge in [0, 0.05) is 28.7 Å². The molecule has 0 aliphatic carbocycles. The maximum Gasteiger partial charge on any atom is 0.182 e. The van der Waals surface area contributed by atoms with Crippen LogP contribution in [0.4, 0.5) is 0 Å². The van der Waals surface area contributed by atoms with Gasteiger partial charge in [-0.15, -0.1) is 11.6 Å². The van der Waals surface area contributed by atoms with Crippen molar-refractivity contribution in [1.29, 1.82) is 0 Å².